The number of carbonyl (C=O) groups is 1. The van der Waals surface area contributed by atoms with Crippen molar-refractivity contribution < 1.29 is 19.4 Å². The van der Waals surface area contributed by atoms with Gasteiger partial charge < -0.3 is 14.6 Å². The highest BCUT2D eigenvalue weighted by molar-refractivity contribution is 5.90. The van der Waals surface area contributed by atoms with E-state index in [4.69, 9.17) is 19.8 Å². The topological polar surface area (TPSA) is 92.4 Å². The van der Waals surface area contributed by atoms with E-state index in [0.29, 0.717) is 11.3 Å². The summed E-state index contributed by atoms with van der Waals surface area (Å²) in [5, 5.41) is 18.0. The molecule has 0 aliphatic heterocycles. The Morgan fingerprint density at radius 3 is 2.86 bits per heavy atom. The van der Waals surface area contributed by atoms with Gasteiger partial charge in [-0.05, 0) is 23.8 Å². The second-order valence-corrected chi connectivity index (χ2v) is 4.11. The fourth-order valence-corrected chi connectivity index (χ4v) is 1.75. The number of rotatable bonds is 5. The largest absolute Gasteiger partial charge is 0.495 e. The Kier molecular flexibility index (Phi) is 4.36. The first kappa shape index (κ1) is 14.3. The molecule has 1 heterocycles. The number of carboxylic acid groups (broad SMARTS) is 1. The van der Waals surface area contributed by atoms with Gasteiger partial charge in [0.15, 0.2) is 5.75 Å². The summed E-state index contributed by atoms with van der Waals surface area (Å²) in [6, 6.07) is 8.41. The molecule has 0 saturated heterocycles. The lowest BCUT2D eigenvalue weighted by atomic mass is 10.1. The molecule has 0 atom stereocenters. The van der Waals surface area contributed by atoms with E-state index in [2.05, 4.69) is 4.98 Å². The maximum Gasteiger partial charge on any atom is 0.339 e. The summed E-state index contributed by atoms with van der Waals surface area (Å²) < 4.78 is 10.6. The Morgan fingerprint density at radius 2 is 2.19 bits per heavy atom. The van der Waals surface area contributed by atoms with Crippen molar-refractivity contribution in [3.8, 4) is 17.6 Å². The molecule has 6 nitrogen and oxygen atoms in total. The molecule has 6 heteroatoms. The SMILES string of the molecule is COc1cc(COc2cnccc2C(=O)O)ccc1C#N. The maximum absolute atomic E-state index is 11.1. The molecule has 0 saturated carbocycles. The number of carboxylic acids is 1. The zero-order valence-electron chi connectivity index (χ0n) is 11.2. The zero-order valence-corrected chi connectivity index (χ0v) is 11.2. The third-order valence-electron chi connectivity index (χ3n) is 2.80. The van der Waals surface area contributed by atoms with E-state index in [1.807, 2.05) is 6.07 Å². The fraction of sp³-hybridized carbons (Fsp3) is 0.133. The summed E-state index contributed by atoms with van der Waals surface area (Å²) in [4.78, 5) is 14.9. The summed E-state index contributed by atoms with van der Waals surface area (Å²) >= 11 is 0. The van der Waals surface area contributed by atoms with Crippen molar-refractivity contribution in [2.24, 2.45) is 0 Å². The Bertz CT molecular complexity index is 707. The van der Waals surface area contributed by atoms with Gasteiger partial charge in [0, 0.05) is 6.20 Å². The lowest BCUT2D eigenvalue weighted by molar-refractivity contribution is 0.0691. The average molecular weight is 284 g/mol. The second-order valence-electron chi connectivity index (χ2n) is 4.11. The predicted octanol–water partition coefficient (Wildman–Crippen LogP) is 2.24. The maximum atomic E-state index is 11.1. The van der Waals surface area contributed by atoms with E-state index in [0.717, 1.165) is 5.56 Å². The van der Waals surface area contributed by atoms with E-state index in [9.17, 15) is 4.79 Å². The molecule has 1 aromatic heterocycles. The van der Waals surface area contributed by atoms with Crippen molar-refractivity contribution in [2.75, 3.05) is 7.11 Å². The number of methoxy groups -OCH3 is 1. The van der Waals surface area contributed by atoms with Crippen LogP contribution in [0, 0.1) is 11.3 Å². The van der Waals surface area contributed by atoms with Crippen molar-refractivity contribution >= 4 is 5.97 Å². The molecule has 106 valence electrons. The Morgan fingerprint density at radius 1 is 1.38 bits per heavy atom. The van der Waals surface area contributed by atoms with E-state index < -0.39 is 5.97 Å². The molecule has 0 aliphatic carbocycles. The smallest absolute Gasteiger partial charge is 0.339 e. The van der Waals surface area contributed by atoms with Crippen LogP contribution in [0.4, 0.5) is 0 Å². The fourth-order valence-electron chi connectivity index (χ4n) is 1.75. The number of hydrogen-bond acceptors (Lipinski definition) is 5. The number of aromatic carboxylic acids is 1. The number of aromatic nitrogens is 1. The summed E-state index contributed by atoms with van der Waals surface area (Å²) in [6.07, 6.45) is 2.74. The molecule has 2 aromatic rings. The molecule has 2 rings (SSSR count). The molecule has 0 amide bonds. The summed E-state index contributed by atoms with van der Waals surface area (Å²) in [5.41, 5.74) is 1.23. The number of ether oxygens (including phenoxy) is 2. The summed E-state index contributed by atoms with van der Waals surface area (Å²) in [6.45, 7) is 0.147. The summed E-state index contributed by atoms with van der Waals surface area (Å²) in [5.74, 6) is -0.443. The first-order valence-electron chi connectivity index (χ1n) is 6.03. The highest BCUT2D eigenvalue weighted by Crippen LogP contribution is 2.22. The molecule has 0 aliphatic rings. The van der Waals surface area contributed by atoms with E-state index >= 15 is 0 Å². The van der Waals surface area contributed by atoms with Gasteiger partial charge in [-0.1, -0.05) is 6.07 Å². The number of pyridine rings is 1. The molecular formula is C15H12N2O4. The summed E-state index contributed by atoms with van der Waals surface area (Å²) in [7, 11) is 1.48. The normalized spacial score (nSPS) is 9.71. The van der Waals surface area contributed by atoms with Gasteiger partial charge in [-0.25, -0.2) is 4.79 Å². The molecule has 0 radical (unpaired) electrons. The first-order chi connectivity index (χ1) is 10.2. The van der Waals surface area contributed by atoms with Crippen molar-refractivity contribution in [2.45, 2.75) is 6.61 Å². The monoisotopic (exact) mass is 284 g/mol. The van der Waals surface area contributed by atoms with Gasteiger partial charge in [0.2, 0.25) is 0 Å². The molecule has 0 spiro atoms. The van der Waals surface area contributed by atoms with Crippen LogP contribution in [-0.2, 0) is 6.61 Å². The second kappa shape index (κ2) is 6.39. The van der Waals surface area contributed by atoms with Gasteiger partial charge >= 0.3 is 5.97 Å². The minimum atomic E-state index is -1.08. The van der Waals surface area contributed by atoms with Crippen molar-refractivity contribution in [1.82, 2.24) is 4.98 Å². The molecular weight excluding hydrogens is 272 g/mol. The van der Waals surface area contributed by atoms with Gasteiger partial charge in [0.1, 0.15) is 24.0 Å². The molecule has 21 heavy (non-hydrogen) atoms. The van der Waals surface area contributed by atoms with Crippen LogP contribution in [0.3, 0.4) is 0 Å². The lowest BCUT2D eigenvalue weighted by Gasteiger charge is -2.10. The molecule has 1 N–H and O–H groups in total. The third kappa shape index (κ3) is 3.28. The number of hydrogen-bond donors (Lipinski definition) is 1. The van der Waals surface area contributed by atoms with Gasteiger partial charge in [0.05, 0.1) is 18.9 Å². The Balaban J connectivity index is 2.18. The van der Waals surface area contributed by atoms with E-state index in [1.165, 1.54) is 25.6 Å². The highest BCUT2D eigenvalue weighted by Gasteiger charge is 2.11. The van der Waals surface area contributed by atoms with Crippen LogP contribution in [0.15, 0.2) is 36.7 Å². The van der Waals surface area contributed by atoms with Gasteiger partial charge in [-0.3, -0.25) is 4.98 Å². The minimum Gasteiger partial charge on any atom is -0.495 e. The number of benzene rings is 1. The number of nitriles is 1. The highest BCUT2D eigenvalue weighted by atomic mass is 16.5. The van der Waals surface area contributed by atoms with Crippen LogP contribution in [0.1, 0.15) is 21.5 Å². The van der Waals surface area contributed by atoms with Crippen LogP contribution in [0.5, 0.6) is 11.5 Å². The van der Waals surface area contributed by atoms with Crippen molar-refractivity contribution in [3.63, 3.8) is 0 Å². The zero-order chi connectivity index (χ0) is 15.2. The van der Waals surface area contributed by atoms with E-state index in [1.54, 1.807) is 18.2 Å². The predicted molar refractivity (Wildman–Crippen MR) is 73.2 cm³/mol. The van der Waals surface area contributed by atoms with Crippen LogP contribution in [0.2, 0.25) is 0 Å². The van der Waals surface area contributed by atoms with Gasteiger partial charge in [-0.15, -0.1) is 0 Å². The molecule has 0 fully saturated rings. The van der Waals surface area contributed by atoms with E-state index in [-0.39, 0.29) is 17.9 Å². The van der Waals surface area contributed by atoms with Gasteiger partial charge in [-0.2, -0.15) is 5.26 Å². The average Bonchev–Trinajstić information content (AvgIpc) is 2.52. The first-order valence-corrected chi connectivity index (χ1v) is 6.03. The molecule has 1 aromatic carbocycles. The van der Waals surface area contributed by atoms with Crippen LogP contribution in [0.25, 0.3) is 0 Å². The van der Waals surface area contributed by atoms with Gasteiger partial charge in [0.25, 0.3) is 0 Å². The Hall–Kier alpha value is -3.07. The standard InChI is InChI=1S/C15H12N2O4/c1-20-13-6-10(2-3-11(13)7-16)9-21-14-8-17-5-4-12(14)15(18)19/h2-6,8H,9H2,1H3,(H,18,19). The molecule has 0 unspecified atom stereocenters. The number of nitrogens with zero attached hydrogens (tertiary/aromatic N) is 2. The third-order valence-corrected chi connectivity index (χ3v) is 2.80. The quantitative estimate of drug-likeness (QED) is 0.905. The minimum absolute atomic E-state index is 0.0469. The van der Waals surface area contributed by atoms with Crippen LogP contribution >= 0.6 is 0 Å². The van der Waals surface area contributed by atoms with Crippen LogP contribution < -0.4 is 9.47 Å². The lowest BCUT2D eigenvalue weighted by Crippen LogP contribution is -2.04. The van der Waals surface area contributed by atoms with Crippen molar-refractivity contribution in [3.05, 3.63) is 53.3 Å². The molecule has 0 bridgehead atoms. The van der Waals surface area contributed by atoms with Crippen LogP contribution in [-0.4, -0.2) is 23.2 Å². The Labute approximate surface area is 121 Å². The van der Waals surface area contributed by atoms with Crippen molar-refractivity contribution in [1.29, 1.82) is 5.26 Å².